The molecule has 1 N–H and O–H groups in total. The highest BCUT2D eigenvalue weighted by Crippen LogP contribution is 2.39. The van der Waals surface area contributed by atoms with Gasteiger partial charge in [0.15, 0.2) is 0 Å². The zero-order chi connectivity index (χ0) is 18.4. The molecular formula is C17H31NO6. The molecule has 1 aliphatic rings. The van der Waals surface area contributed by atoms with Crippen LogP contribution < -0.4 is 0 Å². The van der Waals surface area contributed by atoms with Crippen LogP contribution in [0.2, 0.25) is 0 Å². The number of carbonyl (C=O) groups excluding carboxylic acids is 1. The summed E-state index contributed by atoms with van der Waals surface area (Å²) in [6, 6.07) is 0. The van der Waals surface area contributed by atoms with Crippen LogP contribution in [-0.2, 0) is 24.0 Å². The summed E-state index contributed by atoms with van der Waals surface area (Å²) in [5.41, 5.74) is -0.292. The van der Waals surface area contributed by atoms with Gasteiger partial charge in [-0.05, 0) is 47.5 Å². The minimum atomic E-state index is -0.405. The fraction of sp³-hybridized carbons (Fsp3) is 0.824. The van der Waals surface area contributed by atoms with Crippen LogP contribution in [0.25, 0.3) is 0 Å². The van der Waals surface area contributed by atoms with E-state index in [1.54, 1.807) is 12.0 Å². The minimum absolute atomic E-state index is 0.0613. The van der Waals surface area contributed by atoms with Crippen LogP contribution in [-0.4, -0.2) is 59.9 Å². The predicted octanol–water partition coefficient (Wildman–Crippen LogP) is 2.57. The molecule has 1 heterocycles. The third kappa shape index (κ3) is 6.14. The van der Waals surface area contributed by atoms with Crippen molar-refractivity contribution in [2.45, 2.75) is 64.6 Å². The lowest BCUT2D eigenvalue weighted by Gasteiger charge is -2.51. The van der Waals surface area contributed by atoms with Crippen molar-refractivity contribution in [2.75, 3.05) is 26.4 Å². The Bertz CT molecular complexity index is 417. The third-order valence-electron chi connectivity index (χ3n) is 4.03. The molecule has 0 aromatic carbocycles. The Kier molecular flexibility index (Phi) is 7.82. The number of ether oxygens (including phenoxy) is 3. The highest BCUT2D eigenvalue weighted by Gasteiger charge is 2.47. The average Bonchev–Trinajstić information content (AvgIpc) is 2.43. The second-order valence-electron chi connectivity index (χ2n) is 7.43. The van der Waals surface area contributed by atoms with Crippen molar-refractivity contribution in [1.82, 2.24) is 5.06 Å². The summed E-state index contributed by atoms with van der Waals surface area (Å²) in [5, 5.41) is 10.8. The molecule has 0 spiro atoms. The van der Waals surface area contributed by atoms with Crippen LogP contribution in [0, 0.1) is 0 Å². The van der Waals surface area contributed by atoms with E-state index in [1.165, 1.54) is 0 Å². The van der Waals surface area contributed by atoms with Crippen LogP contribution >= 0.6 is 0 Å². The van der Waals surface area contributed by atoms with Gasteiger partial charge in [-0.1, -0.05) is 6.58 Å². The highest BCUT2D eigenvalue weighted by molar-refractivity contribution is 5.86. The van der Waals surface area contributed by atoms with Crippen molar-refractivity contribution in [2.24, 2.45) is 0 Å². The molecule has 1 saturated heterocycles. The molecule has 0 bridgehead atoms. The van der Waals surface area contributed by atoms with Crippen LogP contribution in [0.15, 0.2) is 12.2 Å². The number of hydrogen-bond acceptors (Lipinski definition) is 7. The first kappa shape index (κ1) is 21.1. The van der Waals surface area contributed by atoms with Crippen molar-refractivity contribution >= 4 is 5.97 Å². The van der Waals surface area contributed by atoms with E-state index in [4.69, 9.17) is 19.5 Å². The maximum Gasteiger partial charge on any atom is 0.333 e. The Balaban J connectivity index is 2.24. The molecule has 0 aliphatic carbocycles. The standard InChI is InChI=1S/C17H31NO6/c1-13(2)15(19)23-10-8-21-7-9-22-14-11-16(3,4)18(24-20)17(5,6)12-14/h14,20H,1,7-12H2,2-6H3. The van der Waals surface area contributed by atoms with Gasteiger partial charge in [-0.2, -0.15) is 0 Å². The van der Waals surface area contributed by atoms with Crippen molar-refractivity contribution in [3.63, 3.8) is 0 Å². The first-order valence-corrected chi connectivity index (χ1v) is 8.24. The molecule has 7 nitrogen and oxygen atoms in total. The summed E-state index contributed by atoms with van der Waals surface area (Å²) < 4.78 is 16.2. The molecule has 0 saturated carbocycles. The molecule has 1 fully saturated rings. The first-order valence-electron chi connectivity index (χ1n) is 8.24. The van der Waals surface area contributed by atoms with E-state index in [1.807, 2.05) is 27.7 Å². The zero-order valence-corrected chi connectivity index (χ0v) is 15.5. The summed E-state index contributed by atoms with van der Waals surface area (Å²) in [6.45, 7) is 14.6. The van der Waals surface area contributed by atoms with E-state index in [0.29, 0.717) is 25.4 Å². The first-order chi connectivity index (χ1) is 11.1. The van der Waals surface area contributed by atoms with E-state index in [2.05, 4.69) is 11.6 Å². The quantitative estimate of drug-likeness (QED) is 0.226. The minimum Gasteiger partial charge on any atom is -0.460 e. The van der Waals surface area contributed by atoms with Gasteiger partial charge in [0.25, 0.3) is 0 Å². The highest BCUT2D eigenvalue weighted by atomic mass is 17.2. The van der Waals surface area contributed by atoms with E-state index in [9.17, 15) is 4.79 Å². The Morgan fingerprint density at radius 1 is 1.12 bits per heavy atom. The Labute approximate surface area is 144 Å². The van der Waals surface area contributed by atoms with Gasteiger partial charge < -0.3 is 14.2 Å². The number of piperidine rings is 1. The van der Waals surface area contributed by atoms with Gasteiger partial charge in [-0.3, -0.25) is 0 Å². The summed E-state index contributed by atoms with van der Waals surface area (Å²) >= 11 is 0. The molecule has 1 aliphatic heterocycles. The molecule has 0 unspecified atom stereocenters. The molecule has 0 atom stereocenters. The van der Waals surface area contributed by atoms with Crippen LogP contribution in [0.4, 0.5) is 0 Å². The number of hydroxylamine groups is 2. The average molecular weight is 345 g/mol. The predicted molar refractivity (Wildman–Crippen MR) is 89.3 cm³/mol. The molecule has 0 radical (unpaired) electrons. The van der Waals surface area contributed by atoms with Crippen molar-refractivity contribution in [3.8, 4) is 0 Å². The fourth-order valence-electron chi connectivity index (χ4n) is 3.20. The zero-order valence-electron chi connectivity index (χ0n) is 15.5. The van der Waals surface area contributed by atoms with E-state index in [0.717, 1.165) is 12.8 Å². The molecule has 0 amide bonds. The molecule has 140 valence electrons. The molecule has 0 aromatic rings. The second-order valence-corrected chi connectivity index (χ2v) is 7.43. The maximum atomic E-state index is 11.2. The number of nitrogens with zero attached hydrogens (tertiary/aromatic N) is 1. The van der Waals surface area contributed by atoms with Gasteiger partial charge in [-0.25, -0.2) is 10.1 Å². The molecule has 7 heteroatoms. The van der Waals surface area contributed by atoms with Crippen molar-refractivity contribution in [1.29, 1.82) is 0 Å². The lowest BCUT2D eigenvalue weighted by molar-refractivity contribution is -0.456. The maximum absolute atomic E-state index is 11.2. The fourth-order valence-corrected chi connectivity index (χ4v) is 3.20. The Morgan fingerprint density at radius 3 is 2.17 bits per heavy atom. The topological polar surface area (TPSA) is 77.5 Å². The summed E-state index contributed by atoms with van der Waals surface area (Å²) in [6.07, 6.45) is 1.55. The van der Waals surface area contributed by atoms with Crippen LogP contribution in [0.1, 0.15) is 47.5 Å². The lowest BCUT2D eigenvalue weighted by Crippen LogP contribution is -2.61. The molecule has 0 aromatic heterocycles. The SMILES string of the molecule is C=C(C)C(=O)OCCOCCOC1CC(C)(C)N(OO)C(C)(C)C1. The smallest absolute Gasteiger partial charge is 0.333 e. The van der Waals surface area contributed by atoms with Gasteiger partial charge in [0, 0.05) is 16.7 Å². The van der Waals surface area contributed by atoms with Gasteiger partial charge in [0.05, 0.1) is 25.9 Å². The van der Waals surface area contributed by atoms with Gasteiger partial charge in [0.2, 0.25) is 0 Å². The van der Waals surface area contributed by atoms with Gasteiger partial charge >= 0.3 is 5.97 Å². The molecular weight excluding hydrogens is 314 g/mol. The van der Waals surface area contributed by atoms with E-state index in [-0.39, 0.29) is 23.8 Å². The second kappa shape index (κ2) is 8.92. The summed E-state index contributed by atoms with van der Waals surface area (Å²) in [7, 11) is 0. The van der Waals surface area contributed by atoms with Crippen molar-refractivity contribution < 1.29 is 29.3 Å². The largest absolute Gasteiger partial charge is 0.460 e. The van der Waals surface area contributed by atoms with Gasteiger partial charge in [0.1, 0.15) is 6.61 Å². The Hall–Kier alpha value is -0.990. The number of hydrogen-bond donors (Lipinski definition) is 1. The van der Waals surface area contributed by atoms with Crippen LogP contribution in [0.3, 0.4) is 0 Å². The normalized spacial score (nSPS) is 20.8. The van der Waals surface area contributed by atoms with E-state index >= 15 is 0 Å². The lowest BCUT2D eigenvalue weighted by atomic mass is 9.80. The summed E-state index contributed by atoms with van der Waals surface area (Å²) in [5.74, 6) is -0.405. The Morgan fingerprint density at radius 2 is 1.67 bits per heavy atom. The number of rotatable bonds is 9. The third-order valence-corrected chi connectivity index (χ3v) is 4.03. The summed E-state index contributed by atoms with van der Waals surface area (Å²) in [4.78, 5) is 15.8. The monoisotopic (exact) mass is 345 g/mol. The van der Waals surface area contributed by atoms with Crippen molar-refractivity contribution in [3.05, 3.63) is 12.2 Å². The number of esters is 1. The number of carbonyl (C=O) groups is 1. The van der Waals surface area contributed by atoms with Gasteiger partial charge in [-0.15, -0.1) is 10.1 Å². The van der Waals surface area contributed by atoms with Crippen LogP contribution in [0.5, 0.6) is 0 Å². The molecule has 24 heavy (non-hydrogen) atoms. The van der Waals surface area contributed by atoms with E-state index < -0.39 is 5.97 Å². The molecule has 1 rings (SSSR count).